The Balaban J connectivity index is 2.13. The van der Waals surface area contributed by atoms with Crippen molar-refractivity contribution in [2.45, 2.75) is 13.0 Å². The van der Waals surface area contributed by atoms with Crippen LogP contribution in [0.15, 0.2) is 33.5 Å². The van der Waals surface area contributed by atoms with Crippen molar-refractivity contribution < 1.29 is 13.6 Å². The molecule has 1 heterocycles. The van der Waals surface area contributed by atoms with Gasteiger partial charge < -0.3 is 9.32 Å². The van der Waals surface area contributed by atoms with Crippen molar-refractivity contribution in [3.63, 3.8) is 0 Å². The fraction of sp³-hybridized carbons (Fsp3) is 0.286. The summed E-state index contributed by atoms with van der Waals surface area (Å²) in [5.74, 6) is -1.55. The van der Waals surface area contributed by atoms with Crippen LogP contribution in [-0.4, -0.2) is 34.2 Å². The molecule has 0 aliphatic rings. The molecule has 0 spiro atoms. The number of nitriles is 1. The lowest BCUT2D eigenvalue weighted by molar-refractivity contribution is -0.130. The van der Waals surface area contributed by atoms with Crippen LogP contribution in [0.1, 0.15) is 6.42 Å². The SMILES string of the molecule is CN(CCC#N)C(=O)Cn1nc(-c2ccc(F)cc2)oc1=O. The molecule has 1 aromatic carbocycles. The van der Waals surface area contributed by atoms with Gasteiger partial charge in [-0.25, -0.2) is 9.18 Å². The third-order valence-electron chi connectivity index (χ3n) is 2.97. The Labute approximate surface area is 125 Å². The van der Waals surface area contributed by atoms with Gasteiger partial charge in [0.25, 0.3) is 0 Å². The van der Waals surface area contributed by atoms with Crippen LogP contribution in [0.25, 0.3) is 11.5 Å². The van der Waals surface area contributed by atoms with E-state index in [0.717, 1.165) is 4.68 Å². The van der Waals surface area contributed by atoms with E-state index in [1.54, 1.807) is 0 Å². The molecule has 8 heteroatoms. The molecule has 114 valence electrons. The molecule has 1 aromatic heterocycles. The average molecular weight is 304 g/mol. The van der Waals surface area contributed by atoms with E-state index in [0.29, 0.717) is 5.56 Å². The molecule has 0 radical (unpaired) electrons. The van der Waals surface area contributed by atoms with Crippen LogP contribution in [0.2, 0.25) is 0 Å². The van der Waals surface area contributed by atoms with E-state index in [2.05, 4.69) is 5.10 Å². The van der Waals surface area contributed by atoms with Crippen molar-refractivity contribution in [2.24, 2.45) is 0 Å². The highest BCUT2D eigenvalue weighted by atomic mass is 19.1. The number of aromatic nitrogens is 2. The second kappa shape index (κ2) is 6.67. The number of hydrogen-bond acceptors (Lipinski definition) is 5. The first kappa shape index (κ1) is 15.4. The van der Waals surface area contributed by atoms with Crippen LogP contribution in [-0.2, 0) is 11.3 Å². The summed E-state index contributed by atoms with van der Waals surface area (Å²) in [5, 5.41) is 12.4. The number of benzene rings is 1. The lowest BCUT2D eigenvalue weighted by Gasteiger charge is -2.14. The Bertz CT molecular complexity index is 758. The molecule has 7 nitrogen and oxygen atoms in total. The first-order chi connectivity index (χ1) is 10.5. The maximum atomic E-state index is 12.9. The van der Waals surface area contributed by atoms with Gasteiger partial charge in [0, 0.05) is 19.2 Å². The maximum absolute atomic E-state index is 12.9. The van der Waals surface area contributed by atoms with Crippen LogP contribution >= 0.6 is 0 Å². The van der Waals surface area contributed by atoms with Gasteiger partial charge in [-0.05, 0) is 24.3 Å². The molecule has 0 aliphatic carbocycles. The third-order valence-corrected chi connectivity index (χ3v) is 2.97. The summed E-state index contributed by atoms with van der Waals surface area (Å²) in [4.78, 5) is 24.9. The monoisotopic (exact) mass is 304 g/mol. The van der Waals surface area contributed by atoms with Crippen molar-refractivity contribution in [1.82, 2.24) is 14.7 Å². The van der Waals surface area contributed by atoms with E-state index in [4.69, 9.17) is 9.68 Å². The summed E-state index contributed by atoms with van der Waals surface area (Å²) >= 11 is 0. The van der Waals surface area contributed by atoms with Gasteiger partial charge in [0.05, 0.1) is 12.5 Å². The van der Waals surface area contributed by atoms with Crippen molar-refractivity contribution in [3.8, 4) is 17.5 Å². The van der Waals surface area contributed by atoms with Gasteiger partial charge in [-0.3, -0.25) is 4.79 Å². The minimum atomic E-state index is -0.777. The van der Waals surface area contributed by atoms with Crippen molar-refractivity contribution in [1.29, 1.82) is 5.26 Å². The number of carbonyl (C=O) groups excluding carboxylic acids is 1. The van der Waals surface area contributed by atoms with Gasteiger partial charge in [-0.1, -0.05) is 0 Å². The number of likely N-dealkylation sites (N-methyl/N-ethyl adjacent to an activating group) is 1. The zero-order valence-corrected chi connectivity index (χ0v) is 11.8. The lowest BCUT2D eigenvalue weighted by atomic mass is 10.2. The second-order valence-electron chi connectivity index (χ2n) is 4.56. The van der Waals surface area contributed by atoms with E-state index in [1.165, 1.54) is 36.2 Å². The van der Waals surface area contributed by atoms with Crippen molar-refractivity contribution >= 4 is 5.91 Å². The highest BCUT2D eigenvalue weighted by molar-refractivity contribution is 5.75. The number of rotatable bonds is 5. The minimum absolute atomic E-state index is 0.0116. The third kappa shape index (κ3) is 3.58. The molecule has 0 atom stereocenters. The second-order valence-corrected chi connectivity index (χ2v) is 4.56. The molecule has 0 aliphatic heterocycles. The Morgan fingerprint density at radius 2 is 2.14 bits per heavy atom. The number of amides is 1. The predicted octanol–water partition coefficient (Wildman–Crippen LogP) is 1.01. The van der Waals surface area contributed by atoms with Crippen molar-refractivity contribution in [3.05, 3.63) is 40.6 Å². The minimum Gasteiger partial charge on any atom is -0.388 e. The first-order valence-electron chi connectivity index (χ1n) is 6.46. The normalized spacial score (nSPS) is 10.2. The Kier molecular flexibility index (Phi) is 4.68. The standard InChI is InChI=1S/C14H13FN4O3/c1-18(8-2-7-16)12(20)9-19-14(21)22-13(17-19)10-3-5-11(15)6-4-10/h3-6H,2,8-9H2,1H3. The smallest absolute Gasteiger partial charge is 0.388 e. The van der Waals surface area contributed by atoms with E-state index in [9.17, 15) is 14.0 Å². The quantitative estimate of drug-likeness (QED) is 0.822. The summed E-state index contributed by atoms with van der Waals surface area (Å²) in [7, 11) is 1.53. The molecule has 0 fully saturated rings. The fourth-order valence-corrected chi connectivity index (χ4v) is 1.71. The molecule has 22 heavy (non-hydrogen) atoms. The highest BCUT2D eigenvalue weighted by Crippen LogP contribution is 2.15. The largest absolute Gasteiger partial charge is 0.437 e. The van der Waals surface area contributed by atoms with Crippen molar-refractivity contribution in [2.75, 3.05) is 13.6 Å². The topological polar surface area (TPSA) is 92.1 Å². The molecular weight excluding hydrogens is 291 g/mol. The molecule has 0 N–H and O–H groups in total. The Hall–Kier alpha value is -2.95. The summed E-state index contributed by atoms with van der Waals surface area (Å²) < 4.78 is 18.7. The fourth-order valence-electron chi connectivity index (χ4n) is 1.71. The van der Waals surface area contributed by atoms with E-state index in [1.807, 2.05) is 6.07 Å². The molecular formula is C14H13FN4O3. The molecule has 1 amide bonds. The molecule has 2 rings (SSSR count). The molecule has 0 saturated carbocycles. The van der Waals surface area contributed by atoms with Gasteiger partial charge in [0.2, 0.25) is 11.8 Å². The molecule has 0 saturated heterocycles. The predicted molar refractivity (Wildman–Crippen MR) is 74.0 cm³/mol. The first-order valence-corrected chi connectivity index (χ1v) is 6.46. The van der Waals surface area contributed by atoms with Crippen LogP contribution in [0.4, 0.5) is 4.39 Å². The Morgan fingerprint density at radius 1 is 1.45 bits per heavy atom. The van der Waals surface area contributed by atoms with Crippen LogP contribution in [0, 0.1) is 17.1 Å². The zero-order chi connectivity index (χ0) is 16.1. The van der Waals surface area contributed by atoms with Crippen LogP contribution < -0.4 is 5.76 Å². The number of hydrogen-bond donors (Lipinski definition) is 0. The molecule has 0 bridgehead atoms. The van der Waals surface area contributed by atoms with Crippen LogP contribution in [0.3, 0.4) is 0 Å². The van der Waals surface area contributed by atoms with Gasteiger partial charge >= 0.3 is 5.76 Å². The summed E-state index contributed by atoms with van der Waals surface area (Å²) in [6.07, 6.45) is 0.205. The summed E-state index contributed by atoms with van der Waals surface area (Å²) in [6.45, 7) is -0.0157. The average Bonchev–Trinajstić information content (AvgIpc) is 2.86. The van der Waals surface area contributed by atoms with E-state index >= 15 is 0 Å². The molecule has 2 aromatic rings. The van der Waals surface area contributed by atoms with Crippen LogP contribution in [0.5, 0.6) is 0 Å². The van der Waals surface area contributed by atoms with Gasteiger partial charge in [-0.2, -0.15) is 9.94 Å². The van der Waals surface area contributed by atoms with Gasteiger partial charge in [0.15, 0.2) is 0 Å². The maximum Gasteiger partial charge on any atom is 0.437 e. The van der Waals surface area contributed by atoms with E-state index < -0.39 is 11.6 Å². The summed E-state index contributed by atoms with van der Waals surface area (Å²) in [6, 6.07) is 7.21. The number of halogens is 1. The van der Waals surface area contributed by atoms with E-state index in [-0.39, 0.29) is 31.3 Å². The number of nitrogens with zero attached hydrogens (tertiary/aromatic N) is 4. The lowest BCUT2D eigenvalue weighted by Crippen LogP contribution is -2.33. The highest BCUT2D eigenvalue weighted by Gasteiger charge is 2.15. The Morgan fingerprint density at radius 3 is 2.77 bits per heavy atom. The van der Waals surface area contributed by atoms with Gasteiger partial charge in [-0.15, -0.1) is 5.10 Å². The zero-order valence-electron chi connectivity index (χ0n) is 11.8. The number of carbonyl (C=O) groups is 1. The summed E-state index contributed by atoms with van der Waals surface area (Å²) in [5.41, 5.74) is 0.433. The molecule has 0 unspecified atom stereocenters. The van der Waals surface area contributed by atoms with Gasteiger partial charge in [0.1, 0.15) is 12.4 Å².